The van der Waals surface area contributed by atoms with Gasteiger partial charge in [0.05, 0.1) is 10.0 Å². The first-order chi connectivity index (χ1) is 14.7. The van der Waals surface area contributed by atoms with Crippen LogP contribution in [-0.2, 0) is 12.2 Å². The second-order valence-electron chi connectivity index (χ2n) is 6.33. The fourth-order valence-corrected chi connectivity index (χ4v) is 3.63. The smallest absolute Gasteiger partial charge is 0.404 e. The lowest BCUT2D eigenvalue weighted by Gasteiger charge is -2.30. The Labute approximate surface area is 196 Å². The summed E-state index contributed by atoms with van der Waals surface area (Å²) in [5, 5.41) is -1.46. The van der Waals surface area contributed by atoms with Crippen molar-refractivity contribution in [1.82, 2.24) is 0 Å². The number of alkyl halides is 7. The van der Waals surface area contributed by atoms with Gasteiger partial charge in [-0.3, -0.25) is 4.99 Å². The third kappa shape index (κ3) is 5.05. The summed E-state index contributed by atoms with van der Waals surface area (Å²) >= 11 is 14.9. The molecule has 0 spiro atoms. The Kier molecular flexibility index (Phi) is 7.91. The molecule has 0 aromatic heterocycles. The van der Waals surface area contributed by atoms with E-state index >= 15 is 0 Å². The second-order valence-corrected chi connectivity index (χ2v) is 8.00. The van der Waals surface area contributed by atoms with E-state index in [9.17, 15) is 30.7 Å². The lowest BCUT2D eigenvalue weighted by Crippen LogP contribution is -2.50. The molecule has 0 atom stereocenters. The van der Waals surface area contributed by atoms with E-state index in [2.05, 4.69) is 20.9 Å². The summed E-state index contributed by atoms with van der Waals surface area (Å²) in [6.45, 7) is 0.200. The number of halogens is 10. The number of rotatable bonds is 5. The number of benzene rings is 2. The van der Waals surface area contributed by atoms with Crippen LogP contribution in [0.15, 0.2) is 46.0 Å². The van der Waals surface area contributed by atoms with Crippen LogP contribution < -0.4 is 11.5 Å². The summed E-state index contributed by atoms with van der Waals surface area (Å²) < 4.78 is 92.9. The van der Waals surface area contributed by atoms with Crippen molar-refractivity contribution < 1.29 is 30.7 Å². The van der Waals surface area contributed by atoms with Crippen molar-refractivity contribution in [2.24, 2.45) is 16.5 Å². The van der Waals surface area contributed by atoms with Crippen molar-refractivity contribution in [3.05, 3.63) is 67.7 Å². The molecule has 0 unspecified atom stereocenters. The fraction of sp³-hybridized carbons (Fsp3) is 0.211. The molecule has 3 nitrogen and oxygen atoms in total. The first-order valence-corrected chi connectivity index (χ1v) is 9.99. The van der Waals surface area contributed by atoms with Gasteiger partial charge in [0.25, 0.3) is 0 Å². The highest BCUT2D eigenvalue weighted by Gasteiger charge is 2.73. The number of aliphatic imine (C=N–C) groups is 1. The van der Waals surface area contributed by atoms with Crippen LogP contribution in [0.5, 0.6) is 0 Å². The van der Waals surface area contributed by atoms with Gasteiger partial charge < -0.3 is 11.5 Å². The number of hydrogen-bond acceptors (Lipinski definition) is 3. The molecule has 0 amide bonds. The highest BCUT2D eigenvalue weighted by Crippen LogP contribution is 2.54. The summed E-state index contributed by atoms with van der Waals surface area (Å²) in [5.74, 6) is 0. The van der Waals surface area contributed by atoms with E-state index in [4.69, 9.17) is 34.7 Å². The van der Waals surface area contributed by atoms with Crippen LogP contribution in [0.2, 0.25) is 10.0 Å². The van der Waals surface area contributed by atoms with Gasteiger partial charge in [0.2, 0.25) is 0 Å². The highest BCUT2D eigenvalue weighted by molar-refractivity contribution is 9.10. The Bertz CT molecular complexity index is 1030. The van der Waals surface area contributed by atoms with Crippen LogP contribution in [0.1, 0.15) is 16.7 Å². The van der Waals surface area contributed by atoms with Crippen molar-refractivity contribution in [1.29, 1.82) is 0 Å². The Morgan fingerprint density at radius 3 is 1.94 bits per heavy atom. The van der Waals surface area contributed by atoms with Gasteiger partial charge in [-0.25, -0.2) is 4.39 Å². The number of hydrogen-bond donors (Lipinski definition) is 2. The van der Waals surface area contributed by atoms with Gasteiger partial charge >= 0.3 is 18.0 Å². The normalized spacial score (nSPS) is 13.8. The predicted octanol–water partition coefficient (Wildman–Crippen LogP) is 7.21. The molecule has 13 heteroatoms. The standard InChI is InChI=1S/C19H13BrCl2F7N3/c20-13-2-1-9(3-10(13)6-30)11(7-31)8-32-16-14(21)4-12(5-15(16)22)17(23,18(24,25)26)19(27,28)29/h1-5,7-8H,6,30-31H2. The van der Waals surface area contributed by atoms with Crippen LogP contribution >= 0.6 is 39.1 Å². The zero-order valence-corrected chi connectivity index (χ0v) is 18.7. The van der Waals surface area contributed by atoms with Crippen molar-refractivity contribution in [3.63, 3.8) is 0 Å². The van der Waals surface area contributed by atoms with E-state index < -0.39 is 33.6 Å². The molecule has 0 aliphatic rings. The van der Waals surface area contributed by atoms with Crippen molar-refractivity contribution in [3.8, 4) is 0 Å². The molecule has 32 heavy (non-hydrogen) atoms. The molecule has 0 saturated heterocycles. The fourth-order valence-electron chi connectivity index (χ4n) is 2.63. The van der Waals surface area contributed by atoms with Crippen molar-refractivity contribution in [2.45, 2.75) is 24.6 Å². The molecule has 0 heterocycles. The zero-order valence-electron chi connectivity index (χ0n) is 15.6. The molecule has 174 valence electrons. The topological polar surface area (TPSA) is 64.4 Å². The number of allylic oxidation sites excluding steroid dienone is 1. The summed E-state index contributed by atoms with van der Waals surface area (Å²) in [6.07, 6.45) is -10.3. The van der Waals surface area contributed by atoms with Gasteiger partial charge in [-0.05, 0) is 35.4 Å². The average Bonchev–Trinajstić information content (AvgIpc) is 2.68. The largest absolute Gasteiger partial charge is 0.435 e. The van der Waals surface area contributed by atoms with E-state index in [1.54, 1.807) is 18.2 Å². The summed E-state index contributed by atoms with van der Waals surface area (Å²) in [5.41, 5.74) is 4.96. The van der Waals surface area contributed by atoms with Crippen LogP contribution in [0.3, 0.4) is 0 Å². The molecule has 0 saturated carbocycles. The predicted molar refractivity (Wildman–Crippen MR) is 114 cm³/mol. The SMILES string of the molecule is NC=C(C=Nc1c(Cl)cc(C(F)(C(F)(F)F)C(F)(F)F)cc1Cl)c1ccc(Br)c(CN)c1. The molecule has 2 aromatic carbocycles. The maximum absolute atomic E-state index is 14.3. The molecule has 0 bridgehead atoms. The Hall–Kier alpha value is -1.82. The van der Waals surface area contributed by atoms with Crippen molar-refractivity contribution >= 4 is 56.6 Å². The Balaban J connectivity index is 2.52. The van der Waals surface area contributed by atoms with E-state index in [1.165, 1.54) is 0 Å². The first kappa shape index (κ1) is 26.4. The number of nitrogens with zero attached hydrogens (tertiary/aromatic N) is 1. The van der Waals surface area contributed by atoms with E-state index in [1.807, 2.05) is 0 Å². The Morgan fingerprint density at radius 2 is 1.50 bits per heavy atom. The van der Waals surface area contributed by atoms with Crippen LogP contribution in [0.25, 0.3) is 5.57 Å². The molecule has 0 fully saturated rings. The molecule has 4 N–H and O–H groups in total. The zero-order chi connectivity index (χ0) is 24.5. The van der Waals surface area contributed by atoms with Gasteiger partial charge in [-0.15, -0.1) is 0 Å². The quantitative estimate of drug-likeness (QED) is 0.297. The number of nitrogens with two attached hydrogens (primary N) is 2. The lowest BCUT2D eigenvalue weighted by atomic mass is 9.94. The van der Waals surface area contributed by atoms with Gasteiger partial charge in [0.15, 0.2) is 0 Å². The minimum atomic E-state index is -6.31. The van der Waals surface area contributed by atoms with Crippen LogP contribution in [-0.4, -0.2) is 18.6 Å². The van der Waals surface area contributed by atoms with Gasteiger partial charge in [-0.2, -0.15) is 26.3 Å². The summed E-state index contributed by atoms with van der Waals surface area (Å²) in [6, 6.07) is 5.40. The maximum atomic E-state index is 14.3. The van der Waals surface area contributed by atoms with Gasteiger partial charge in [-0.1, -0.05) is 45.2 Å². The molecule has 0 aliphatic carbocycles. The van der Waals surface area contributed by atoms with Gasteiger partial charge in [0.1, 0.15) is 5.69 Å². The monoisotopic (exact) mass is 565 g/mol. The van der Waals surface area contributed by atoms with Gasteiger partial charge in [0, 0.05) is 34.6 Å². The minimum Gasteiger partial charge on any atom is -0.404 e. The summed E-state index contributed by atoms with van der Waals surface area (Å²) in [7, 11) is 0. The molecule has 0 radical (unpaired) electrons. The van der Waals surface area contributed by atoms with Crippen molar-refractivity contribution in [2.75, 3.05) is 0 Å². The van der Waals surface area contributed by atoms with Crippen LogP contribution in [0, 0.1) is 0 Å². The molecule has 0 aliphatic heterocycles. The van der Waals surface area contributed by atoms with Crippen LogP contribution in [0.4, 0.5) is 36.4 Å². The molecular formula is C19H13BrCl2F7N3. The third-order valence-corrected chi connectivity index (χ3v) is 5.66. The third-order valence-electron chi connectivity index (χ3n) is 4.31. The highest BCUT2D eigenvalue weighted by atomic mass is 79.9. The molecule has 2 rings (SSSR count). The first-order valence-electron chi connectivity index (χ1n) is 8.44. The second kappa shape index (κ2) is 9.58. The lowest BCUT2D eigenvalue weighted by molar-refractivity contribution is -0.348. The minimum absolute atomic E-state index is 0.180. The Morgan fingerprint density at radius 1 is 0.969 bits per heavy atom. The molecular weight excluding hydrogens is 554 g/mol. The van der Waals surface area contributed by atoms with E-state index in [0.717, 1.165) is 22.5 Å². The van der Waals surface area contributed by atoms with E-state index in [0.29, 0.717) is 11.1 Å². The van der Waals surface area contributed by atoms with E-state index in [-0.39, 0.29) is 24.4 Å². The molecule has 2 aromatic rings. The maximum Gasteiger partial charge on any atom is 0.435 e. The average molecular weight is 567 g/mol. The summed E-state index contributed by atoms with van der Waals surface area (Å²) in [4.78, 5) is 3.91.